The smallest absolute Gasteiger partial charge is 0.146 e. The zero-order valence-corrected chi connectivity index (χ0v) is 12.8. The van der Waals surface area contributed by atoms with Crippen LogP contribution in [0.4, 0.5) is 0 Å². The number of nitrogens with zero attached hydrogens (tertiary/aromatic N) is 2. The van der Waals surface area contributed by atoms with Crippen LogP contribution in [0.25, 0.3) is 0 Å². The number of nitrogens with two attached hydrogens (primary N) is 1. The molecule has 2 rings (SSSR count). The number of hydrogen-bond donors (Lipinski definition) is 1. The Hall–Kier alpha value is -1.16. The molecule has 0 aliphatic heterocycles. The van der Waals surface area contributed by atoms with Gasteiger partial charge in [-0.15, -0.1) is 0 Å². The number of carbonyl (C=O) groups excluding carboxylic acids is 1. The molecule has 0 amide bonds. The Balaban J connectivity index is 2.00. The highest BCUT2D eigenvalue weighted by Crippen LogP contribution is 2.28. The van der Waals surface area contributed by atoms with Gasteiger partial charge in [0.2, 0.25) is 0 Å². The number of rotatable bonds is 6. The lowest BCUT2D eigenvalue weighted by Gasteiger charge is -2.24. The van der Waals surface area contributed by atoms with Crippen molar-refractivity contribution in [2.45, 2.75) is 64.8 Å². The van der Waals surface area contributed by atoms with Crippen LogP contribution in [-0.4, -0.2) is 22.1 Å². The van der Waals surface area contributed by atoms with Gasteiger partial charge in [-0.05, 0) is 25.3 Å². The standard InChI is InChI=1S/C16H27N3O/c1-3-16(2,12-17)15(20)11-13-9-10-19(18-13)14-7-5-4-6-8-14/h9-10,14H,3-8,11-12,17H2,1-2H3. The van der Waals surface area contributed by atoms with Gasteiger partial charge in [-0.3, -0.25) is 9.48 Å². The Morgan fingerprint density at radius 2 is 2.15 bits per heavy atom. The molecule has 0 bridgehead atoms. The van der Waals surface area contributed by atoms with Crippen LogP contribution in [0.1, 0.15) is 64.1 Å². The van der Waals surface area contributed by atoms with Crippen molar-refractivity contribution in [1.82, 2.24) is 9.78 Å². The van der Waals surface area contributed by atoms with E-state index in [4.69, 9.17) is 5.73 Å². The molecule has 112 valence electrons. The Labute approximate surface area is 121 Å². The maximum Gasteiger partial charge on any atom is 0.146 e. The fourth-order valence-electron chi connectivity index (χ4n) is 2.85. The van der Waals surface area contributed by atoms with Gasteiger partial charge in [0.15, 0.2) is 0 Å². The quantitative estimate of drug-likeness (QED) is 0.869. The second kappa shape index (κ2) is 6.53. The molecule has 1 fully saturated rings. The first-order valence-electron chi connectivity index (χ1n) is 7.86. The predicted octanol–water partition coefficient (Wildman–Crippen LogP) is 2.87. The van der Waals surface area contributed by atoms with Crippen molar-refractivity contribution in [2.75, 3.05) is 6.54 Å². The zero-order valence-electron chi connectivity index (χ0n) is 12.8. The fourth-order valence-corrected chi connectivity index (χ4v) is 2.85. The summed E-state index contributed by atoms with van der Waals surface area (Å²) in [5, 5.41) is 4.61. The lowest BCUT2D eigenvalue weighted by Crippen LogP contribution is -2.36. The van der Waals surface area contributed by atoms with Crippen LogP contribution < -0.4 is 5.73 Å². The van der Waals surface area contributed by atoms with E-state index in [2.05, 4.69) is 9.78 Å². The monoisotopic (exact) mass is 277 g/mol. The highest BCUT2D eigenvalue weighted by atomic mass is 16.1. The van der Waals surface area contributed by atoms with Crippen LogP contribution in [-0.2, 0) is 11.2 Å². The molecule has 1 aliphatic carbocycles. The van der Waals surface area contributed by atoms with Crippen LogP contribution in [0.15, 0.2) is 12.3 Å². The normalized spacial score (nSPS) is 19.8. The van der Waals surface area contributed by atoms with Crippen molar-refractivity contribution in [1.29, 1.82) is 0 Å². The first kappa shape index (κ1) is 15.2. The van der Waals surface area contributed by atoms with Gasteiger partial charge in [-0.1, -0.05) is 33.1 Å². The number of carbonyl (C=O) groups is 1. The average Bonchev–Trinajstić information content (AvgIpc) is 2.95. The molecule has 1 unspecified atom stereocenters. The van der Waals surface area contributed by atoms with Crippen LogP contribution >= 0.6 is 0 Å². The summed E-state index contributed by atoms with van der Waals surface area (Å²) >= 11 is 0. The zero-order chi connectivity index (χ0) is 14.6. The summed E-state index contributed by atoms with van der Waals surface area (Å²) in [7, 11) is 0. The van der Waals surface area contributed by atoms with Crippen molar-refractivity contribution in [3.63, 3.8) is 0 Å². The Bertz CT molecular complexity index is 442. The topological polar surface area (TPSA) is 60.9 Å². The van der Waals surface area contributed by atoms with Crippen molar-refractivity contribution in [3.8, 4) is 0 Å². The van der Waals surface area contributed by atoms with E-state index in [1.165, 1.54) is 32.1 Å². The molecule has 0 radical (unpaired) electrons. The molecule has 0 saturated heterocycles. The lowest BCUT2D eigenvalue weighted by molar-refractivity contribution is -0.127. The number of aromatic nitrogens is 2. The average molecular weight is 277 g/mol. The summed E-state index contributed by atoms with van der Waals surface area (Å²) in [4.78, 5) is 12.4. The molecule has 1 heterocycles. The first-order valence-corrected chi connectivity index (χ1v) is 7.86. The first-order chi connectivity index (χ1) is 9.59. The van der Waals surface area contributed by atoms with Crippen molar-refractivity contribution in [2.24, 2.45) is 11.1 Å². The molecule has 4 heteroatoms. The summed E-state index contributed by atoms with van der Waals surface area (Å²) in [5.74, 6) is 0.205. The van der Waals surface area contributed by atoms with Crippen LogP contribution in [0.5, 0.6) is 0 Å². The van der Waals surface area contributed by atoms with Crippen LogP contribution in [0, 0.1) is 5.41 Å². The molecular formula is C16H27N3O. The van der Waals surface area contributed by atoms with E-state index in [-0.39, 0.29) is 5.78 Å². The number of ketones is 1. The van der Waals surface area contributed by atoms with Crippen molar-refractivity contribution in [3.05, 3.63) is 18.0 Å². The highest BCUT2D eigenvalue weighted by molar-refractivity contribution is 5.86. The van der Waals surface area contributed by atoms with Crippen LogP contribution in [0.2, 0.25) is 0 Å². The molecule has 0 spiro atoms. The summed E-state index contributed by atoms with van der Waals surface area (Å²) < 4.78 is 2.06. The van der Waals surface area contributed by atoms with Gasteiger partial charge >= 0.3 is 0 Å². The summed E-state index contributed by atoms with van der Waals surface area (Å²) in [6.07, 6.45) is 9.57. The van der Waals surface area contributed by atoms with E-state index in [0.717, 1.165) is 12.1 Å². The molecule has 2 N–H and O–H groups in total. The fraction of sp³-hybridized carbons (Fsp3) is 0.750. The highest BCUT2D eigenvalue weighted by Gasteiger charge is 2.29. The lowest BCUT2D eigenvalue weighted by atomic mass is 9.81. The minimum atomic E-state index is -0.408. The largest absolute Gasteiger partial charge is 0.329 e. The van der Waals surface area contributed by atoms with Gasteiger partial charge in [-0.2, -0.15) is 5.10 Å². The molecule has 20 heavy (non-hydrogen) atoms. The van der Waals surface area contributed by atoms with Gasteiger partial charge < -0.3 is 5.73 Å². The van der Waals surface area contributed by atoms with Gasteiger partial charge in [0.05, 0.1) is 18.2 Å². The van der Waals surface area contributed by atoms with Gasteiger partial charge in [0.1, 0.15) is 5.78 Å². The van der Waals surface area contributed by atoms with Gasteiger partial charge in [0, 0.05) is 18.2 Å². The van der Waals surface area contributed by atoms with E-state index in [1.807, 2.05) is 26.1 Å². The molecule has 1 atom stereocenters. The summed E-state index contributed by atoms with van der Waals surface area (Å²) in [6.45, 7) is 4.38. The molecule has 1 aromatic rings. The molecule has 1 saturated carbocycles. The van der Waals surface area contributed by atoms with E-state index in [0.29, 0.717) is 19.0 Å². The van der Waals surface area contributed by atoms with Gasteiger partial charge in [0.25, 0.3) is 0 Å². The van der Waals surface area contributed by atoms with Gasteiger partial charge in [-0.25, -0.2) is 0 Å². The number of hydrogen-bond acceptors (Lipinski definition) is 3. The summed E-state index contributed by atoms with van der Waals surface area (Å²) in [5.41, 5.74) is 6.22. The van der Waals surface area contributed by atoms with E-state index < -0.39 is 5.41 Å². The Kier molecular flexibility index (Phi) is 4.97. The molecule has 0 aromatic carbocycles. The minimum Gasteiger partial charge on any atom is -0.329 e. The maximum atomic E-state index is 12.4. The van der Waals surface area contributed by atoms with E-state index in [1.54, 1.807) is 0 Å². The predicted molar refractivity (Wildman–Crippen MR) is 80.5 cm³/mol. The van der Waals surface area contributed by atoms with E-state index >= 15 is 0 Å². The second-order valence-corrected chi connectivity index (χ2v) is 6.30. The molecule has 4 nitrogen and oxygen atoms in total. The third-order valence-corrected chi connectivity index (χ3v) is 4.86. The second-order valence-electron chi connectivity index (χ2n) is 6.30. The van der Waals surface area contributed by atoms with E-state index in [9.17, 15) is 4.79 Å². The third kappa shape index (κ3) is 3.29. The summed E-state index contributed by atoms with van der Waals surface area (Å²) in [6, 6.07) is 2.51. The Morgan fingerprint density at radius 3 is 2.75 bits per heavy atom. The molecular weight excluding hydrogens is 250 g/mol. The minimum absolute atomic E-state index is 0.205. The SMILES string of the molecule is CCC(C)(CN)C(=O)Cc1ccn(C2CCCCC2)n1. The number of Topliss-reactive ketones (excluding diaryl/α,β-unsaturated/α-hetero) is 1. The third-order valence-electron chi connectivity index (χ3n) is 4.86. The van der Waals surface area contributed by atoms with Crippen LogP contribution in [0.3, 0.4) is 0 Å². The maximum absolute atomic E-state index is 12.4. The molecule has 1 aliphatic rings. The Morgan fingerprint density at radius 1 is 1.45 bits per heavy atom. The van der Waals surface area contributed by atoms with Crippen molar-refractivity contribution < 1.29 is 4.79 Å². The molecule has 1 aromatic heterocycles. The van der Waals surface area contributed by atoms with Crippen molar-refractivity contribution >= 4 is 5.78 Å².